The third kappa shape index (κ3) is 2.22. The third-order valence-electron chi connectivity index (χ3n) is 5.22. The van der Waals surface area contributed by atoms with Crippen molar-refractivity contribution in [3.05, 3.63) is 89.0 Å². The van der Waals surface area contributed by atoms with E-state index in [1.54, 1.807) is 0 Å². The number of hydrogen-bond acceptors (Lipinski definition) is 5. The van der Waals surface area contributed by atoms with Crippen LogP contribution in [0.15, 0.2) is 66.7 Å². The van der Waals surface area contributed by atoms with Crippen LogP contribution in [0, 0.1) is 11.3 Å². The van der Waals surface area contributed by atoms with Crippen molar-refractivity contribution in [2.24, 2.45) is 0 Å². The predicted molar refractivity (Wildman–Crippen MR) is 109 cm³/mol. The van der Waals surface area contributed by atoms with Gasteiger partial charge in [0.2, 0.25) is 5.88 Å². The van der Waals surface area contributed by atoms with Crippen LogP contribution < -0.4 is 16.2 Å². The number of nitrogens with zero attached hydrogens (tertiary/aromatic N) is 2. The minimum Gasteiger partial charge on any atom is -0.438 e. The Morgan fingerprint density at radius 1 is 0.929 bits per heavy atom. The van der Waals surface area contributed by atoms with Crippen molar-refractivity contribution >= 4 is 22.3 Å². The number of nitrogen functional groups attached to an aromatic ring is 2. The van der Waals surface area contributed by atoms with Gasteiger partial charge in [-0.05, 0) is 10.9 Å². The van der Waals surface area contributed by atoms with Crippen molar-refractivity contribution in [3.8, 4) is 17.7 Å². The van der Waals surface area contributed by atoms with Crippen LogP contribution in [0.4, 0.5) is 11.5 Å². The van der Waals surface area contributed by atoms with E-state index in [2.05, 4.69) is 23.2 Å². The Bertz CT molecular complexity index is 1280. The third-order valence-corrected chi connectivity index (χ3v) is 5.22. The standard InChI is InChI=1S/C23H16N4O/c24-12-17-20(25)19-18(14-7-2-1-3-8-14)16-11-10-13-6-4-5-9-15(13)21(16)28-23(19)27-22(17)26/h1-11,18H,(H4,25,26,27)/t18-/m0/s1. The van der Waals surface area contributed by atoms with Gasteiger partial charge in [0.25, 0.3) is 0 Å². The van der Waals surface area contributed by atoms with Gasteiger partial charge in [-0.3, -0.25) is 0 Å². The minimum atomic E-state index is -0.204. The van der Waals surface area contributed by atoms with Crippen LogP contribution >= 0.6 is 0 Å². The van der Waals surface area contributed by atoms with Crippen molar-refractivity contribution in [2.75, 3.05) is 11.5 Å². The molecule has 5 rings (SSSR count). The highest BCUT2D eigenvalue weighted by Crippen LogP contribution is 2.51. The topological polar surface area (TPSA) is 98.0 Å². The van der Waals surface area contributed by atoms with E-state index in [4.69, 9.17) is 16.2 Å². The number of nitriles is 1. The van der Waals surface area contributed by atoms with Crippen LogP contribution in [0.3, 0.4) is 0 Å². The number of benzene rings is 3. The molecule has 5 nitrogen and oxygen atoms in total. The number of aromatic nitrogens is 1. The van der Waals surface area contributed by atoms with Crippen LogP contribution in [0.5, 0.6) is 11.6 Å². The fourth-order valence-corrected chi connectivity index (χ4v) is 3.93. The summed E-state index contributed by atoms with van der Waals surface area (Å²) < 4.78 is 6.22. The molecule has 2 heterocycles. The number of fused-ring (bicyclic) bond motifs is 4. The maximum Gasteiger partial charge on any atom is 0.227 e. The van der Waals surface area contributed by atoms with Crippen LogP contribution in [0.25, 0.3) is 10.8 Å². The van der Waals surface area contributed by atoms with Crippen molar-refractivity contribution in [1.82, 2.24) is 4.98 Å². The van der Waals surface area contributed by atoms with Gasteiger partial charge in [-0.2, -0.15) is 10.2 Å². The zero-order valence-electron chi connectivity index (χ0n) is 14.9. The molecule has 0 spiro atoms. The largest absolute Gasteiger partial charge is 0.438 e. The monoisotopic (exact) mass is 364 g/mol. The van der Waals surface area contributed by atoms with E-state index in [9.17, 15) is 5.26 Å². The Balaban J connectivity index is 1.88. The molecule has 0 radical (unpaired) electrons. The molecule has 4 aromatic rings. The molecule has 134 valence electrons. The number of pyridine rings is 1. The van der Waals surface area contributed by atoms with E-state index >= 15 is 0 Å². The van der Waals surface area contributed by atoms with Crippen molar-refractivity contribution < 1.29 is 4.74 Å². The Hall–Kier alpha value is -4.04. The van der Waals surface area contributed by atoms with E-state index in [1.807, 2.05) is 54.6 Å². The summed E-state index contributed by atoms with van der Waals surface area (Å²) in [5.74, 6) is 0.973. The summed E-state index contributed by atoms with van der Waals surface area (Å²) in [7, 11) is 0. The van der Waals surface area contributed by atoms with Gasteiger partial charge >= 0.3 is 0 Å². The molecular formula is C23H16N4O. The van der Waals surface area contributed by atoms with Crippen LogP contribution in [0.2, 0.25) is 0 Å². The van der Waals surface area contributed by atoms with E-state index < -0.39 is 0 Å². The van der Waals surface area contributed by atoms with E-state index in [0.29, 0.717) is 17.1 Å². The Labute approximate surface area is 161 Å². The van der Waals surface area contributed by atoms with Gasteiger partial charge < -0.3 is 16.2 Å². The van der Waals surface area contributed by atoms with Crippen molar-refractivity contribution in [3.63, 3.8) is 0 Å². The summed E-state index contributed by atoms with van der Waals surface area (Å²) in [5, 5.41) is 11.6. The number of ether oxygens (including phenoxy) is 1. The van der Waals surface area contributed by atoms with Crippen molar-refractivity contribution in [1.29, 1.82) is 5.26 Å². The smallest absolute Gasteiger partial charge is 0.227 e. The molecule has 1 atom stereocenters. The molecule has 0 saturated heterocycles. The van der Waals surface area contributed by atoms with Crippen LogP contribution in [-0.2, 0) is 0 Å². The average molecular weight is 364 g/mol. The first kappa shape index (κ1) is 16.2. The predicted octanol–water partition coefficient (Wildman–Crippen LogP) is 4.56. The highest BCUT2D eigenvalue weighted by Gasteiger charge is 2.34. The number of anilines is 2. The van der Waals surface area contributed by atoms with Gasteiger partial charge in [0.15, 0.2) is 0 Å². The van der Waals surface area contributed by atoms with Gasteiger partial charge in [0, 0.05) is 16.9 Å². The van der Waals surface area contributed by atoms with Gasteiger partial charge in [0.1, 0.15) is 23.2 Å². The Kier molecular flexibility index (Phi) is 3.46. The zero-order chi connectivity index (χ0) is 19.3. The van der Waals surface area contributed by atoms with Gasteiger partial charge in [0.05, 0.1) is 11.3 Å². The molecule has 3 aromatic carbocycles. The molecule has 1 aliphatic heterocycles. The van der Waals surface area contributed by atoms with E-state index in [1.165, 1.54) is 0 Å². The number of hydrogen-bond donors (Lipinski definition) is 2. The number of rotatable bonds is 1. The molecular weight excluding hydrogens is 348 g/mol. The second-order valence-corrected chi connectivity index (χ2v) is 6.77. The van der Waals surface area contributed by atoms with Gasteiger partial charge in [-0.1, -0.05) is 66.7 Å². The molecule has 1 aromatic heterocycles. The molecule has 5 heteroatoms. The van der Waals surface area contributed by atoms with Gasteiger partial charge in [-0.25, -0.2) is 0 Å². The highest BCUT2D eigenvalue weighted by molar-refractivity contribution is 5.91. The second-order valence-electron chi connectivity index (χ2n) is 6.77. The summed E-state index contributed by atoms with van der Waals surface area (Å²) in [6.07, 6.45) is 0. The summed E-state index contributed by atoms with van der Waals surface area (Å²) >= 11 is 0. The van der Waals surface area contributed by atoms with Crippen molar-refractivity contribution in [2.45, 2.75) is 5.92 Å². The Morgan fingerprint density at radius 3 is 2.46 bits per heavy atom. The minimum absolute atomic E-state index is 0.0780. The molecule has 0 amide bonds. The summed E-state index contributed by atoms with van der Waals surface area (Å²) in [6, 6.07) is 24.3. The molecule has 0 bridgehead atoms. The van der Waals surface area contributed by atoms with E-state index in [0.717, 1.165) is 27.6 Å². The normalized spacial score (nSPS) is 14.6. The van der Waals surface area contributed by atoms with Gasteiger partial charge in [-0.15, -0.1) is 0 Å². The molecule has 0 saturated carbocycles. The lowest BCUT2D eigenvalue weighted by Crippen LogP contribution is -2.17. The first-order valence-corrected chi connectivity index (χ1v) is 8.92. The average Bonchev–Trinajstić information content (AvgIpc) is 2.73. The lowest BCUT2D eigenvalue weighted by atomic mass is 9.81. The summed E-state index contributed by atoms with van der Waals surface area (Å²) in [5.41, 5.74) is 15.6. The molecule has 28 heavy (non-hydrogen) atoms. The van der Waals surface area contributed by atoms with Crippen LogP contribution in [0.1, 0.15) is 28.2 Å². The Morgan fingerprint density at radius 2 is 1.68 bits per heavy atom. The van der Waals surface area contributed by atoms with Crippen LogP contribution in [-0.4, -0.2) is 4.98 Å². The fourth-order valence-electron chi connectivity index (χ4n) is 3.93. The molecule has 4 N–H and O–H groups in total. The SMILES string of the molecule is N#Cc1c(N)nc2c(c1N)[C@@H](c1ccccc1)c1ccc3ccccc3c1O2. The highest BCUT2D eigenvalue weighted by atomic mass is 16.5. The molecule has 0 unspecified atom stereocenters. The maximum absolute atomic E-state index is 9.50. The molecule has 0 aliphatic carbocycles. The first-order valence-electron chi connectivity index (χ1n) is 8.92. The lowest BCUT2D eigenvalue weighted by Gasteiger charge is -2.30. The molecule has 0 fully saturated rings. The first-order chi connectivity index (χ1) is 13.7. The number of nitrogens with two attached hydrogens (primary N) is 2. The zero-order valence-corrected chi connectivity index (χ0v) is 14.9. The lowest BCUT2D eigenvalue weighted by molar-refractivity contribution is 0.440. The second kappa shape index (κ2) is 6.00. The maximum atomic E-state index is 9.50. The summed E-state index contributed by atoms with van der Waals surface area (Å²) in [4.78, 5) is 4.38. The van der Waals surface area contributed by atoms with E-state index in [-0.39, 0.29) is 17.3 Å². The fraction of sp³-hybridized carbons (Fsp3) is 0.0435. The summed E-state index contributed by atoms with van der Waals surface area (Å²) in [6.45, 7) is 0. The quantitative estimate of drug-likeness (QED) is 0.454. The molecule has 1 aliphatic rings.